The zero-order valence-electron chi connectivity index (χ0n) is 12.4. The Morgan fingerprint density at radius 3 is 2.30 bits per heavy atom. The molecule has 20 heavy (non-hydrogen) atoms. The minimum atomic E-state index is 0.0517. The van der Waals surface area contributed by atoms with E-state index in [1.807, 2.05) is 6.07 Å². The van der Waals surface area contributed by atoms with Gasteiger partial charge in [0.05, 0.1) is 6.04 Å². The molecule has 4 bridgehead atoms. The van der Waals surface area contributed by atoms with Crippen molar-refractivity contribution in [3.05, 3.63) is 22.6 Å². The molecule has 0 aliphatic heterocycles. The molecule has 0 radical (unpaired) electrons. The normalized spacial score (nSPS) is 47.7. The van der Waals surface area contributed by atoms with Gasteiger partial charge in [0.1, 0.15) is 5.76 Å². The topological polar surface area (TPSA) is 39.2 Å². The summed E-state index contributed by atoms with van der Waals surface area (Å²) in [6, 6.07) is 4.08. The van der Waals surface area contributed by atoms with Crippen LogP contribution >= 0.6 is 15.9 Å². The molecule has 110 valence electrons. The third kappa shape index (κ3) is 1.85. The van der Waals surface area contributed by atoms with Crippen molar-refractivity contribution >= 4 is 15.9 Å². The minimum absolute atomic E-state index is 0.0517. The van der Waals surface area contributed by atoms with E-state index >= 15 is 0 Å². The van der Waals surface area contributed by atoms with Crippen molar-refractivity contribution in [2.45, 2.75) is 58.4 Å². The third-order valence-corrected chi connectivity index (χ3v) is 6.66. The number of hydrogen-bond acceptors (Lipinski definition) is 2. The summed E-state index contributed by atoms with van der Waals surface area (Å²) < 4.78 is 6.59. The second kappa shape index (κ2) is 3.92. The van der Waals surface area contributed by atoms with Gasteiger partial charge in [-0.2, -0.15) is 0 Å². The van der Waals surface area contributed by atoms with Crippen molar-refractivity contribution in [3.63, 3.8) is 0 Å². The lowest BCUT2D eigenvalue weighted by Gasteiger charge is -2.66. The standard InChI is InChI=1S/C17H24BrNO/c1-15-5-11-6-16(2,8-15)10-17(7-11,9-15)14(19)12-3-4-13(18)20-12/h3-4,11,14H,5-10,19H2,1-2H3. The average Bonchev–Trinajstić information content (AvgIpc) is 2.69. The zero-order valence-corrected chi connectivity index (χ0v) is 14.0. The molecule has 0 spiro atoms. The molecule has 5 rings (SSSR count). The van der Waals surface area contributed by atoms with Gasteiger partial charge < -0.3 is 10.2 Å². The molecule has 4 saturated carbocycles. The Morgan fingerprint density at radius 2 is 1.80 bits per heavy atom. The first-order valence-corrected chi connectivity index (χ1v) is 8.62. The molecule has 0 amide bonds. The number of hydrogen-bond donors (Lipinski definition) is 1. The Bertz CT molecular complexity index is 533. The van der Waals surface area contributed by atoms with Gasteiger partial charge in [-0.1, -0.05) is 13.8 Å². The second-order valence-electron chi connectivity index (χ2n) is 8.61. The first-order valence-electron chi connectivity index (χ1n) is 7.83. The van der Waals surface area contributed by atoms with Crippen LogP contribution < -0.4 is 5.73 Å². The Labute approximate surface area is 129 Å². The van der Waals surface area contributed by atoms with Gasteiger partial charge in [0, 0.05) is 0 Å². The van der Waals surface area contributed by atoms with Crippen LogP contribution in [0, 0.1) is 22.2 Å². The van der Waals surface area contributed by atoms with E-state index in [1.165, 1.54) is 38.5 Å². The number of halogens is 1. The summed E-state index contributed by atoms with van der Waals surface area (Å²) >= 11 is 3.41. The molecule has 4 aliphatic carbocycles. The lowest BCUT2D eigenvalue weighted by atomic mass is 9.39. The maximum absolute atomic E-state index is 6.71. The van der Waals surface area contributed by atoms with E-state index in [9.17, 15) is 0 Å². The summed E-state index contributed by atoms with van der Waals surface area (Å²) in [5, 5.41) is 0. The Hall–Kier alpha value is -0.280. The van der Waals surface area contributed by atoms with Gasteiger partial charge in [0.15, 0.2) is 4.67 Å². The third-order valence-electron chi connectivity index (χ3n) is 6.23. The molecule has 4 aliphatic rings. The van der Waals surface area contributed by atoms with Crippen molar-refractivity contribution < 1.29 is 4.42 Å². The van der Waals surface area contributed by atoms with Crippen LogP contribution in [-0.2, 0) is 0 Å². The van der Waals surface area contributed by atoms with Crippen LogP contribution in [0.5, 0.6) is 0 Å². The van der Waals surface area contributed by atoms with Crippen LogP contribution in [0.3, 0.4) is 0 Å². The van der Waals surface area contributed by atoms with E-state index in [0.29, 0.717) is 10.8 Å². The molecule has 3 unspecified atom stereocenters. The zero-order chi connectivity index (χ0) is 14.2. The van der Waals surface area contributed by atoms with E-state index in [0.717, 1.165) is 16.3 Å². The van der Waals surface area contributed by atoms with Gasteiger partial charge in [0.25, 0.3) is 0 Å². The predicted molar refractivity (Wildman–Crippen MR) is 83.2 cm³/mol. The Kier molecular flexibility index (Phi) is 2.62. The Balaban J connectivity index is 1.73. The fourth-order valence-corrected chi connectivity index (χ4v) is 7.00. The van der Waals surface area contributed by atoms with E-state index in [4.69, 9.17) is 10.2 Å². The van der Waals surface area contributed by atoms with Crippen LogP contribution in [0.1, 0.15) is 64.2 Å². The molecular formula is C17H24BrNO. The van der Waals surface area contributed by atoms with Gasteiger partial charge in [-0.15, -0.1) is 0 Å². The van der Waals surface area contributed by atoms with Crippen molar-refractivity contribution in [1.82, 2.24) is 0 Å². The van der Waals surface area contributed by atoms with E-state index < -0.39 is 0 Å². The maximum Gasteiger partial charge on any atom is 0.169 e. The highest BCUT2D eigenvalue weighted by Gasteiger charge is 2.62. The summed E-state index contributed by atoms with van der Waals surface area (Å²) in [4.78, 5) is 0. The second-order valence-corrected chi connectivity index (χ2v) is 9.39. The van der Waals surface area contributed by atoms with Gasteiger partial charge in [0.2, 0.25) is 0 Å². The molecule has 2 nitrogen and oxygen atoms in total. The first-order chi connectivity index (χ1) is 9.32. The van der Waals surface area contributed by atoms with Gasteiger partial charge in [-0.05, 0) is 88.8 Å². The molecule has 0 aromatic carbocycles. The van der Waals surface area contributed by atoms with Crippen LogP contribution in [0.4, 0.5) is 0 Å². The average molecular weight is 338 g/mol. The van der Waals surface area contributed by atoms with Crippen LogP contribution in [0.2, 0.25) is 0 Å². The molecule has 1 aromatic heterocycles. The highest BCUT2D eigenvalue weighted by molar-refractivity contribution is 9.10. The summed E-state index contributed by atoms with van der Waals surface area (Å²) in [6.45, 7) is 4.99. The Morgan fingerprint density at radius 1 is 1.15 bits per heavy atom. The fraction of sp³-hybridized carbons (Fsp3) is 0.765. The molecule has 0 saturated heterocycles. The summed E-state index contributed by atoms with van der Waals surface area (Å²) in [5.41, 5.74) is 7.99. The SMILES string of the molecule is CC12CC3CC(C)(C1)CC(C(N)c1ccc(Br)o1)(C3)C2. The van der Waals surface area contributed by atoms with Crippen LogP contribution in [0.15, 0.2) is 21.2 Å². The molecule has 4 fully saturated rings. The van der Waals surface area contributed by atoms with Crippen molar-refractivity contribution in [1.29, 1.82) is 0 Å². The quantitative estimate of drug-likeness (QED) is 0.821. The van der Waals surface area contributed by atoms with Crippen LogP contribution in [0.25, 0.3) is 0 Å². The van der Waals surface area contributed by atoms with Crippen molar-refractivity contribution in [3.8, 4) is 0 Å². The fourth-order valence-electron chi connectivity index (χ4n) is 6.68. The highest BCUT2D eigenvalue weighted by Crippen LogP contribution is 2.71. The number of nitrogens with two attached hydrogens (primary N) is 1. The highest BCUT2D eigenvalue weighted by atomic mass is 79.9. The van der Waals surface area contributed by atoms with E-state index in [1.54, 1.807) is 0 Å². The summed E-state index contributed by atoms with van der Waals surface area (Å²) in [7, 11) is 0. The number of rotatable bonds is 2. The molecule has 1 aromatic rings. The molecule has 2 N–H and O–H groups in total. The van der Waals surface area contributed by atoms with Crippen molar-refractivity contribution in [2.24, 2.45) is 27.9 Å². The summed E-state index contributed by atoms with van der Waals surface area (Å²) in [5.74, 6) is 1.84. The van der Waals surface area contributed by atoms with Crippen molar-refractivity contribution in [2.75, 3.05) is 0 Å². The first kappa shape index (κ1) is 13.4. The molecule has 3 heteroatoms. The number of furan rings is 1. The van der Waals surface area contributed by atoms with Crippen LogP contribution in [-0.4, -0.2) is 0 Å². The molecule has 3 atom stereocenters. The summed E-state index contributed by atoms with van der Waals surface area (Å²) in [6.07, 6.45) is 8.10. The predicted octanol–water partition coefficient (Wildman–Crippen LogP) is 5.04. The van der Waals surface area contributed by atoms with Gasteiger partial charge >= 0.3 is 0 Å². The van der Waals surface area contributed by atoms with E-state index in [-0.39, 0.29) is 11.5 Å². The van der Waals surface area contributed by atoms with Gasteiger partial charge in [-0.3, -0.25) is 0 Å². The monoisotopic (exact) mass is 337 g/mol. The maximum atomic E-state index is 6.71. The van der Waals surface area contributed by atoms with Gasteiger partial charge in [-0.25, -0.2) is 0 Å². The lowest BCUT2D eigenvalue weighted by molar-refractivity contribution is -0.156. The smallest absolute Gasteiger partial charge is 0.169 e. The largest absolute Gasteiger partial charge is 0.453 e. The molecular weight excluding hydrogens is 314 g/mol. The lowest BCUT2D eigenvalue weighted by Crippen LogP contribution is -2.58. The minimum Gasteiger partial charge on any atom is -0.453 e. The van der Waals surface area contributed by atoms with E-state index in [2.05, 4.69) is 35.8 Å². The molecule has 1 heterocycles.